The Morgan fingerprint density at radius 2 is 2.12 bits per heavy atom. The fraction of sp³-hybridized carbons (Fsp3) is 0.600. The molecule has 1 aromatic rings. The molecule has 1 aromatic heterocycles. The molecule has 10 heteroatoms. The van der Waals surface area contributed by atoms with Crippen molar-refractivity contribution in [2.75, 3.05) is 20.1 Å². The number of nitrogens with one attached hydrogen (secondary N) is 2. The van der Waals surface area contributed by atoms with Crippen LogP contribution in [0.1, 0.15) is 34.2 Å². The van der Waals surface area contributed by atoms with Crippen LogP contribution in [0.4, 0.5) is 0 Å². The van der Waals surface area contributed by atoms with Gasteiger partial charge < -0.3 is 26.4 Å². The highest BCUT2D eigenvalue weighted by atomic mass is 32.1. The molecule has 1 aliphatic rings. The minimum absolute atomic E-state index is 0.134. The Hall–Kier alpha value is -2.04. The third kappa shape index (κ3) is 4.97. The lowest BCUT2D eigenvalue weighted by Gasteiger charge is -2.29. The third-order valence-corrected chi connectivity index (χ3v) is 5.05. The molecule has 2 heterocycles. The van der Waals surface area contributed by atoms with Crippen LogP contribution >= 0.6 is 11.3 Å². The van der Waals surface area contributed by atoms with Gasteiger partial charge >= 0.3 is 11.8 Å². The SMILES string of the molecule is CN1CCc2nc(C(=O)N[C@@H](CNC(=O)C(N)=O)C(C)(C)O)sc2C1. The average molecular weight is 369 g/mol. The van der Waals surface area contributed by atoms with Crippen molar-refractivity contribution in [2.45, 2.75) is 38.5 Å². The van der Waals surface area contributed by atoms with Crippen LogP contribution in [0, 0.1) is 0 Å². The Balaban J connectivity index is 2.06. The van der Waals surface area contributed by atoms with Gasteiger partial charge in [-0.1, -0.05) is 0 Å². The fourth-order valence-corrected chi connectivity index (χ4v) is 3.49. The predicted molar refractivity (Wildman–Crippen MR) is 91.9 cm³/mol. The van der Waals surface area contributed by atoms with E-state index in [1.54, 1.807) is 0 Å². The maximum Gasteiger partial charge on any atom is 0.309 e. The molecule has 5 N–H and O–H groups in total. The van der Waals surface area contributed by atoms with Crippen molar-refractivity contribution in [3.8, 4) is 0 Å². The summed E-state index contributed by atoms with van der Waals surface area (Å²) in [6, 6.07) is -0.813. The molecule has 0 spiro atoms. The van der Waals surface area contributed by atoms with Gasteiger partial charge in [0.2, 0.25) is 0 Å². The number of hydrogen-bond donors (Lipinski definition) is 4. The smallest absolute Gasteiger partial charge is 0.309 e. The van der Waals surface area contributed by atoms with Crippen molar-refractivity contribution in [3.05, 3.63) is 15.6 Å². The predicted octanol–water partition coefficient (Wildman–Crippen LogP) is -1.40. The Morgan fingerprint density at radius 3 is 2.72 bits per heavy atom. The van der Waals surface area contributed by atoms with Crippen molar-refractivity contribution >= 4 is 29.1 Å². The molecule has 0 saturated carbocycles. The summed E-state index contributed by atoms with van der Waals surface area (Å²) in [6.07, 6.45) is 0.791. The minimum Gasteiger partial charge on any atom is -0.388 e. The van der Waals surface area contributed by atoms with E-state index in [0.29, 0.717) is 5.01 Å². The summed E-state index contributed by atoms with van der Waals surface area (Å²) in [6.45, 7) is 4.50. The van der Waals surface area contributed by atoms with Crippen molar-refractivity contribution < 1.29 is 19.5 Å². The second-order valence-electron chi connectivity index (χ2n) is 6.63. The van der Waals surface area contributed by atoms with E-state index in [-0.39, 0.29) is 6.54 Å². The number of nitrogens with two attached hydrogens (primary N) is 1. The molecule has 0 fully saturated rings. The highest BCUT2D eigenvalue weighted by molar-refractivity contribution is 7.13. The number of carbonyl (C=O) groups excluding carboxylic acids is 3. The van der Waals surface area contributed by atoms with Gasteiger partial charge in [0.25, 0.3) is 5.91 Å². The average Bonchev–Trinajstić information content (AvgIpc) is 2.92. The van der Waals surface area contributed by atoms with Crippen molar-refractivity contribution in [2.24, 2.45) is 5.73 Å². The van der Waals surface area contributed by atoms with E-state index < -0.39 is 29.4 Å². The van der Waals surface area contributed by atoms with Crippen LogP contribution in [0.2, 0.25) is 0 Å². The summed E-state index contributed by atoms with van der Waals surface area (Å²) >= 11 is 1.32. The molecule has 0 unspecified atom stereocenters. The molecule has 138 valence electrons. The lowest BCUT2D eigenvalue weighted by molar-refractivity contribution is -0.137. The molecular formula is C15H23N5O4S. The molecule has 9 nitrogen and oxygen atoms in total. The number of primary amides is 1. The minimum atomic E-state index is -1.32. The molecule has 0 aliphatic carbocycles. The number of thiazole rings is 1. The molecule has 0 radical (unpaired) electrons. The van der Waals surface area contributed by atoms with Gasteiger partial charge in [0.1, 0.15) is 0 Å². The number of aliphatic hydroxyl groups is 1. The number of rotatable bonds is 5. The zero-order valence-electron chi connectivity index (χ0n) is 14.5. The summed E-state index contributed by atoms with van der Waals surface area (Å²) in [5.74, 6) is -2.53. The number of hydrogen-bond acceptors (Lipinski definition) is 7. The summed E-state index contributed by atoms with van der Waals surface area (Å²) < 4.78 is 0. The van der Waals surface area contributed by atoms with E-state index >= 15 is 0 Å². The molecule has 25 heavy (non-hydrogen) atoms. The number of nitrogens with zero attached hydrogens (tertiary/aromatic N) is 2. The summed E-state index contributed by atoms with van der Waals surface area (Å²) in [5, 5.41) is 15.5. The van der Waals surface area contributed by atoms with Gasteiger partial charge in [-0.25, -0.2) is 4.98 Å². The number of likely N-dealkylation sites (N-methyl/N-ethyl adjacent to an activating group) is 1. The van der Waals surface area contributed by atoms with Crippen LogP contribution in [0.3, 0.4) is 0 Å². The second kappa shape index (κ2) is 7.46. The van der Waals surface area contributed by atoms with E-state index in [0.717, 1.165) is 30.1 Å². The van der Waals surface area contributed by atoms with E-state index in [1.165, 1.54) is 25.2 Å². The fourth-order valence-electron chi connectivity index (χ4n) is 2.40. The quantitative estimate of drug-likeness (QED) is 0.471. The number of carbonyl (C=O) groups is 3. The first-order valence-corrected chi connectivity index (χ1v) is 8.67. The van der Waals surface area contributed by atoms with Gasteiger partial charge in [0, 0.05) is 30.9 Å². The maximum atomic E-state index is 12.5. The summed E-state index contributed by atoms with van der Waals surface area (Å²) in [4.78, 5) is 42.2. The van der Waals surface area contributed by atoms with Crippen LogP contribution in [0.25, 0.3) is 0 Å². The van der Waals surface area contributed by atoms with Gasteiger partial charge in [-0.05, 0) is 20.9 Å². The van der Waals surface area contributed by atoms with Crippen LogP contribution in [-0.2, 0) is 22.6 Å². The number of aromatic nitrogens is 1. The molecule has 0 saturated heterocycles. The molecule has 3 amide bonds. The molecular weight excluding hydrogens is 346 g/mol. The van der Waals surface area contributed by atoms with Crippen molar-refractivity contribution in [1.82, 2.24) is 20.5 Å². The van der Waals surface area contributed by atoms with Gasteiger partial charge in [-0.2, -0.15) is 0 Å². The van der Waals surface area contributed by atoms with Crippen molar-refractivity contribution in [1.29, 1.82) is 0 Å². The second-order valence-corrected chi connectivity index (χ2v) is 7.71. The Bertz CT molecular complexity index is 682. The van der Waals surface area contributed by atoms with Crippen LogP contribution in [0.15, 0.2) is 0 Å². The van der Waals surface area contributed by atoms with Crippen LogP contribution < -0.4 is 16.4 Å². The topological polar surface area (TPSA) is 138 Å². The first kappa shape index (κ1) is 19.3. The lowest BCUT2D eigenvalue weighted by atomic mass is 9.99. The monoisotopic (exact) mass is 369 g/mol. The van der Waals surface area contributed by atoms with Gasteiger partial charge in [-0.15, -0.1) is 11.3 Å². The normalized spacial score (nSPS) is 16.0. The van der Waals surface area contributed by atoms with Gasteiger partial charge in [-0.3, -0.25) is 14.4 Å². The number of amides is 3. The van der Waals surface area contributed by atoms with E-state index in [1.807, 2.05) is 7.05 Å². The first-order valence-electron chi connectivity index (χ1n) is 7.86. The van der Waals surface area contributed by atoms with Crippen molar-refractivity contribution in [3.63, 3.8) is 0 Å². The lowest BCUT2D eigenvalue weighted by Crippen LogP contribution is -2.56. The number of fused-ring (bicyclic) bond motifs is 1. The van der Waals surface area contributed by atoms with E-state index in [4.69, 9.17) is 5.73 Å². The Kier molecular flexibility index (Phi) is 5.76. The molecule has 1 atom stereocenters. The zero-order valence-corrected chi connectivity index (χ0v) is 15.3. The zero-order chi connectivity index (χ0) is 18.8. The Labute approximate surface area is 149 Å². The largest absolute Gasteiger partial charge is 0.388 e. The van der Waals surface area contributed by atoms with Gasteiger partial charge in [0.05, 0.1) is 17.3 Å². The highest BCUT2D eigenvalue weighted by Crippen LogP contribution is 2.24. The van der Waals surface area contributed by atoms with E-state index in [9.17, 15) is 19.5 Å². The van der Waals surface area contributed by atoms with Crippen LogP contribution in [-0.4, -0.2) is 64.5 Å². The summed E-state index contributed by atoms with van der Waals surface area (Å²) in [7, 11) is 2.01. The molecule has 0 bridgehead atoms. The van der Waals surface area contributed by atoms with E-state index in [2.05, 4.69) is 20.5 Å². The third-order valence-electron chi connectivity index (χ3n) is 3.96. The Morgan fingerprint density at radius 1 is 1.44 bits per heavy atom. The maximum absolute atomic E-state index is 12.5. The standard InChI is InChI=1S/C15H23N5O4S/c1-15(2,24)10(6-17-12(22)11(16)21)19-13(23)14-18-8-4-5-20(3)7-9(8)25-14/h10,24H,4-7H2,1-3H3,(H2,16,21)(H,17,22)(H,19,23)/t10-/m0/s1. The van der Waals surface area contributed by atoms with Crippen LogP contribution in [0.5, 0.6) is 0 Å². The molecule has 1 aliphatic heterocycles. The highest BCUT2D eigenvalue weighted by Gasteiger charge is 2.31. The first-order chi connectivity index (χ1) is 11.6. The molecule has 2 rings (SSSR count). The molecule has 0 aromatic carbocycles. The summed E-state index contributed by atoms with van der Waals surface area (Å²) in [5.41, 5.74) is 4.48. The van der Waals surface area contributed by atoms with Gasteiger partial charge in [0.15, 0.2) is 5.01 Å².